The highest BCUT2D eigenvalue weighted by atomic mass is 32.1. The van der Waals surface area contributed by atoms with E-state index in [1.165, 1.54) is 0 Å². The van der Waals surface area contributed by atoms with Crippen molar-refractivity contribution in [3.8, 4) is 17.0 Å². The highest BCUT2D eigenvalue weighted by molar-refractivity contribution is 7.17. The van der Waals surface area contributed by atoms with Crippen molar-refractivity contribution in [3.63, 3.8) is 0 Å². The number of piperidine rings is 1. The van der Waals surface area contributed by atoms with Crippen molar-refractivity contribution >= 4 is 27.2 Å². The van der Waals surface area contributed by atoms with Gasteiger partial charge in [0.25, 0.3) is 0 Å². The van der Waals surface area contributed by atoms with Crippen LogP contribution in [0, 0.1) is 6.92 Å². The summed E-state index contributed by atoms with van der Waals surface area (Å²) in [4.78, 5) is 0. The molecule has 130 valence electrons. The van der Waals surface area contributed by atoms with Gasteiger partial charge in [-0.25, -0.2) is 0 Å². The molecule has 1 saturated heterocycles. The molecule has 0 bridgehead atoms. The van der Waals surface area contributed by atoms with Gasteiger partial charge in [0.2, 0.25) is 0 Å². The van der Waals surface area contributed by atoms with E-state index in [4.69, 9.17) is 6.15 Å². The van der Waals surface area contributed by atoms with E-state index in [1.807, 2.05) is 19.1 Å². The Labute approximate surface area is 152 Å². The number of anilines is 1. The van der Waals surface area contributed by atoms with E-state index in [-0.39, 0.29) is 6.04 Å². The van der Waals surface area contributed by atoms with Gasteiger partial charge in [0.15, 0.2) is 5.82 Å². The van der Waals surface area contributed by atoms with Gasteiger partial charge in [-0.15, -0.1) is 21.5 Å². The quantitative estimate of drug-likeness (QED) is 0.745. The third kappa shape index (κ3) is 3.19. The van der Waals surface area contributed by atoms with Gasteiger partial charge in [0, 0.05) is 23.5 Å². The van der Waals surface area contributed by atoms with Crippen LogP contribution < -0.4 is 15.4 Å². The number of methoxy groups -OCH3 is 1. The van der Waals surface area contributed by atoms with Crippen LogP contribution in [-0.4, -0.2) is 36.4 Å². The summed E-state index contributed by atoms with van der Waals surface area (Å²) in [6, 6.07) is 8.45. The first-order valence-electron chi connectivity index (χ1n) is 8.99. The number of ether oxygens (including phenoxy) is 1. The first-order chi connectivity index (χ1) is 12.7. The van der Waals surface area contributed by atoms with E-state index in [0.717, 1.165) is 57.9 Å². The van der Waals surface area contributed by atoms with Crippen molar-refractivity contribution in [2.75, 3.05) is 25.5 Å². The van der Waals surface area contributed by atoms with Gasteiger partial charge in [-0.1, -0.05) is 6.07 Å². The van der Waals surface area contributed by atoms with Gasteiger partial charge in [-0.3, -0.25) is 0 Å². The molecule has 0 amide bonds. The first kappa shape index (κ1) is 15.1. The molecule has 1 atom stereocenters. The number of nitrogens with zero attached hydrogens (tertiary/aromatic N) is 2. The standard InChI is InChI=1S/C19H22N4OS/c1-12-5-6-14(16(10-12)24-2)17-18-15(7-9-25-18)19(23-22-17)21-13-4-3-8-20-11-13/h5-7,9-10,13,20H,3-4,8,11H2,1-2H3,(H,21,23)/t13-/m1/s1/i/hD. The van der Waals surface area contributed by atoms with Crippen molar-refractivity contribution < 1.29 is 6.15 Å². The van der Waals surface area contributed by atoms with E-state index >= 15 is 0 Å². The van der Waals surface area contributed by atoms with Gasteiger partial charge >= 0.3 is 0 Å². The molecular weight excluding hydrogens is 332 g/mol. The van der Waals surface area contributed by atoms with Crippen LogP contribution in [0.25, 0.3) is 21.3 Å². The zero-order valence-corrected chi connectivity index (χ0v) is 15.3. The van der Waals surface area contributed by atoms with Crippen LogP contribution in [0.15, 0.2) is 29.6 Å². The maximum absolute atomic E-state index is 7.86. The number of aryl methyl sites for hydroxylation is 1. The summed E-state index contributed by atoms with van der Waals surface area (Å²) in [6.07, 6.45) is 2.08. The van der Waals surface area contributed by atoms with Gasteiger partial charge in [0.1, 0.15) is 12.9 Å². The molecule has 5 nitrogen and oxygen atoms in total. The Morgan fingerprint density at radius 1 is 1.36 bits per heavy atom. The fourth-order valence-electron chi connectivity index (χ4n) is 3.25. The zero-order chi connectivity index (χ0) is 18.1. The number of thiophene rings is 1. The maximum Gasteiger partial charge on any atom is 0.157 e. The second-order valence-corrected chi connectivity index (χ2v) is 7.29. The summed E-state index contributed by atoms with van der Waals surface area (Å²) < 4.78 is 14.5. The third-order valence-corrected chi connectivity index (χ3v) is 5.48. The highest BCUT2D eigenvalue weighted by Crippen LogP contribution is 2.38. The fourth-order valence-corrected chi connectivity index (χ4v) is 4.15. The van der Waals surface area contributed by atoms with Crippen molar-refractivity contribution in [2.45, 2.75) is 25.8 Å². The number of rotatable bonds is 4. The molecule has 3 heterocycles. The molecule has 1 aromatic carbocycles. The van der Waals surface area contributed by atoms with E-state index in [1.54, 1.807) is 23.8 Å². The lowest BCUT2D eigenvalue weighted by molar-refractivity contribution is 0.416. The minimum Gasteiger partial charge on any atom is -0.496 e. The average Bonchev–Trinajstić information content (AvgIpc) is 3.12. The van der Waals surface area contributed by atoms with Crippen LogP contribution in [0.5, 0.6) is 5.75 Å². The maximum atomic E-state index is 7.86. The van der Waals surface area contributed by atoms with Gasteiger partial charge in [0.05, 0.1) is 11.8 Å². The number of fused-ring (bicyclic) bond motifs is 1. The predicted molar refractivity (Wildman–Crippen MR) is 104 cm³/mol. The summed E-state index contributed by atoms with van der Waals surface area (Å²) >= 11 is 1.66. The summed E-state index contributed by atoms with van der Waals surface area (Å²) in [7, 11) is 1.68. The average molecular weight is 355 g/mol. The number of nitrogens with one attached hydrogen (secondary N) is 2. The molecule has 0 aliphatic carbocycles. The minimum atomic E-state index is 0.235. The molecule has 0 saturated carbocycles. The Bertz CT molecular complexity index is 929. The monoisotopic (exact) mass is 355 g/mol. The molecule has 0 spiro atoms. The summed E-state index contributed by atoms with van der Waals surface area (Å²) in [6.45, 7) is 3.59. The predicted octanol–water partition coefficient (Wildman–Crippen LogP) is 3.84. The summed E-state index contributed by atoms with van der Waals surface area (Å²) in [5.41, 5.74) is 2.96. The molecule has 4 rings (SSSR count). The number of aromatic nitrogens is 2. The molecule has 0 radical (unpaired) electrons. The van der Waals surface area contributed by atoms with Crippen LogP contribution in [0.4, 0.5) is 5.82 Å². The zero-order valence-electron chi connectivity index (χ0n) is 15.5. The van der Waals surface area contributed by atoms with E-state index in [2.05, 4.69) is 33.0 Å². The largest absolute Gasteiger partial charge is 0.496 e. The SMILES string of the molecule is [2H]N1CCC[C@@H](Nc2nnc(-c3ccc(C)cc3OC)c3sccc23)C1. The van der Waals surface area contributed by atoms with Crippen molar-refractivity contribution in [3.05, 3.63) is 35.2 Å². The van der Waals surface area contributed by atoms with Crippen molar-refractivity contribution in [1.29, 1.82) is 0 Å². The Morgan fingerprint density at radius 2 is 2.28 bits per heavy atom. The Hall–Kier alpha value is -2.18. The van der Waals surface area contributed by atoms with Crippen LogP contribution >= 0.6 is 11.3 Å². The molecule has 0 unspecified atom stereocenters. The second kappa shape index (κ2) is 6.98. The van der Waals surface area contributed by atoms with Crippen LogP contribution in [0.3, 0.4) is 0 Å². The molecule has 2 aromatic heterocycles. The smallest absolute Gasteiger partial charge is 0.157 e. The van der Waals surface area contributed by atoms with Crippen LogP contribution in [0.2, 0.25) is 1.41 Å². The van der Waals surface area contributed by atoms with E-state index in [9.17, 15) is 0 Å². The fraction of sp³-hybridized carbons (Fsp3) is 0.368. The van der Waals surface area contributed by atoms with Crippen molar-refractivity contribution in [2.24, 2.45) is 0 Å². The summed E-state index contributed by atoms with van der Waals surface area (Å²) in [5.74, 6) is 1.61. The molecular formula is C19H22N4OS. The number of hydrogen-bond acceptors (Lipinski definition) is 6. The number of benzene rings is 1. The number of hydrogen-bond donors (Lipinski definition) is 2. The second-order valence-electron chi connectivity index (χ2n) is 6.38. The molecule has 2 N–H and O–H groups in total. The Kier molecular flexibility index (Phi) is 4.22. The lowest BCUT2D eigenvalue weighted by atomic mass is 10.1. The molecule has 1 aliphatic rings. The van der Waals surface area contributed by atoms with E-state index < -0.39 is 0 Å². The normalized spacial score (nSPS) is 19.0. The molecule has 25 heavy (non-hydrogen) atoms. The third-order valence-electron chi connectivity index (χ3n) is 4.56. The molecule has 1 aliphatic heterocycles. The molecule has 6 heteroatoms. The topological polar surface area (TPSA) is 59.1 Å². The first-order valence-corrected chi connectivity index (χ1v) is 9.43. The lowest BCUT2D eigenvalue weighted by Crippen LogP contribution is -2.38. The van der Waals surface area contributed by atoms with Crippen molar-refractivity contribution in [1.82, 2.24) is 15.5 Å². The van der Waals surface area contributed by atoms with Gasteiger partial charge in [-0.2, -0.15) is 0 Å². The highest BCUT2D eigenvalue weighted by Gasteiger charge is 2.19. The molecule has 3 aromatic rings. The van der Waals surface area contributed by atoms with E-state index in [0.29, 0.717) is 6.54 Å². The lowest BCUT2D eigenvalue weighted by Gasteiger charge is -2.24. The van der Waals surface area contributed by atoms with Gasteiger partial charge < -0.3 is 15.4 Å². The van der Waals surface area contributed by atoms with Gasteiger partial charge in [-0.05, 0) is 55.5 Å². The Morgan fingerprint density at radius 3 is 3.12 bits per heavy atom. The summed E-state index contributed by atoms with van der Waals surface area (Å²) in [5, 5.41) is 17.3. The van der Waals surface area contributed by atoms with Crippen LogP contribution in [-0.2, 0) is 0 Å². The van der Waals surface area contributed by atoms with Crippen LogP contribution in [0.1, 0.15) is 18.4 Å². The minimum absolute atomic E-state index is 0.235. The molecule has 1 fully saturated rings. The Balaban J connectivity index is 1.72.